The van der Waals surface area contributed by atoms with Gasteiger partial charge in [-0.3, -0.25) is 4.79 Å². The van der Waals surface area contributed by atoms with Gasteiger partial charge in [0.25, 0.3) is 0 Å². The summed E-state index contributed by atoms with van der Waals surface area (Å²) in [4.78, 5) is 12.1. The van der Waals surface area contributed by atoms with Crippen molar-refractivity contribution in [2.45, 2.75) is 24.7 Å². The van der Waals surface area contributed by atoms with Crippen LogP contribution in [-0.4, -0.2) is 33.6 Å². The van der Waals surface area contributed by atoms with E-state index in [1.54, 1.807) is 31.6 Å². The number of furan rings is 1. The second-order valence-corrected chi connectivity index (χ2v) is 6.77. The number of carbonyl (C=O) groups excluding carboxylic acids is 1. The number of nitrogen functional groups attached to an aromatic ring is 1. The van der Waals surface area contributed by atoms with E-state index < -0.39 is 0 Å². The van der Waals surface area contributed by atoms with Crippen LogP contribution >= 0.6 is 11.8 Å². The van der Waals surface area contributed by atoms with Crippen molar-refractivity contribution in [2.75, 3.05) is 18.7 Å². The van der Waals surface area contributed by atoms with E-state index in [-0.39, 0.29) is 24.3 Å². The lowest BCUT2D eigenvalue weighted by molar-refractivity contribution is -0.119. The maximum absolute atomic E-state index is 12.1. The first-order valence-corrected chi connectivity index (χ1v) is 9.47. The molecular weight excluding hydrogens is 382 g/mol. The topological polar surface area (TPSA) is 117 Å². The summed E-state index contributed by atoms with van der Waals surface area (Å²) in [6.45, 7) is 1.99. The first-order valence-electron chi connectivity index (χ1n) is 8.48. The predicted molar refractivity (Wildman–Crippen MR) is 103 cm³/mol. The van der Waals surface area contributed by atoms with Gasteiger partial charge in [-0.15, -0.1) is 10.2 Å². The monoisotopic (exact) mass is 403 g/mol. The fourth-order valence-electron chi connectivity index (χ4n) is 2.36. The molecule has 0 aliphatic rings. The van der Waals surface area contributed by atoms with E-state index in [4.69, 9.17) is 19.7 Å². The number of benzene rings is 1. The number of methoxy groups -OCH3 is 1. The molecule has 0 saturated heterocycles. The molecule has 3 aromatic rings. The highest BCUT2D eigenvalue weighted by Gasteiger charge is 2.15. The zero-order valence-electron chi connectivity index (χ0n) is 15.5. The Hall–Kier alpha value is -3.14. The van der Waals surface area contributed by atoms with Crippen LogP contribution in [0.15, 0.2) is 52.2 Å². The number of ether oxygens (including phenoxy) is 2. The van der Waals surface area contributed by atoms with Crippen LogP contribution in [0.3, 0.4) is 0 Å². The first-order chi connectivity index (χ1) is 13.6. The normalized spacial score (nSPS) is 11.8. The van der Waals surface area contributed by atoms with Gasteiger partial charge in [0.1, 0.15) is 23.9 Å². The van der Waals surface area contributed by atoms with Crippen molar-refractivity contribution in [1.29, 1.82) is 0 Å². The molecule has 0 saturated carbocycles. The fourth-order valence-corrected chi connectivity index (χ4v) is 3.05. The van der Waals surface area contributed by atoms with Crippen LogP contribution in [0, 0.1) is 0 Å². The molecule has 148 valence electrons. The van der Waals surface area contributed by atoms with Crippen molar-refractivity contribution in [3.8, 4) is 11.5 Å². The maximum Gasteiger partial charge on any atom is 0.231 e. The molecule has 28 heavy (non-hydrogen) atoms. The zero-order valence-corrected chi connectivity index (χ0v) is 16.3. The van der Waals surface area contributed by atoms with Crippen LogP contribution in [0.25, 0.3) is 0 Å². The van der Waals surface area contributed by atoms with Gasteiger partial charge in [-0.05, 0) is 31.2 Å². The molecule has 0 spiro atoms. The first kappa shape index (κ1) is 19.6. The van der Waals surface area contributed by atoms with E-state index in [0.29, 0.717) is 28.2 Å². The lowest BCUT2D eigenvalue weighted by Gasteiger charge is -2.11. The molecular formula is C18H21N5O4S. The van der Waals surface area contributed by atoms with E-state index in [9.17, 15) is 4.79 Å². The molecule has 2 aromatic heterocycles. The van der Waals surface area contributed by atoms with E-state index in [2.05, 4.69) is 15.5 Å². The van der Waals surface area contributed by atoms with Crippen molar-refractivity contribution in [2.24, 2.45) is 0 Å². The number of nitrogens with two attached hydrogens (primary N) is 1. The quantitative estimate of drug-likeness (QED) is 0.412. The molecule has 0 fully saturated rings. The summed E-state index contributed by atoms with van der Waals surface area (Å²) in [5.41, 5.74) is 0. The van der Waals surface area contributed by atoms with Gasteiger partial charge in [0, 0.05) is 6.07 Å². The van der Waals surface area contributed by atoms with Crippen molar-refractivity contribution in [3.63, 3.8) is 0 Å². The molecule has 2 heterocycles. The lowest BCUT2D eigenvalue weighted by Crippen LogP contribution is -2.28. The fraction of sp³-hybridized carbons (Fsp3) is 0.278. The number of carbonyl (C=O) groups is 1. The van der Waals surface area contributed by atoms with Crippen LogP contribution in [0.2, 0.25) is 0 Å². The van der Waals surface area contributed by atoms with Crippen LogP contribution in [-0.2, 0) is 11.4 Å². The van der Waals surface area contributed by atoms with Gasteiger partial charge in [-0.1, -0.05) is 17.8 Å². The summed E-state index contributed by atoms with van der Waals surface area (Å²) in [7, 11) is 1.59. The molecule has 1 aromatic carbocycles. The van der Waals surface area contributed by atoms with Crippen molar-refractivity contribution in [1.82, 2.24) is 20.2 Å². The molecule has 3 rings (SSSR count). The van der Waals surface area contributed by atoms with Crippen LogP contribution in [0.1, 0.15) is 24.6 Å². The number of nitrogens with zero attached hydrogens (tertiary/aromatic N) is 3. The molecule has 0 aliphatic carbocycles. The molecule has 1 amide bonds. The molecule has 9 nitrogen and oxygen atoms in total. The van der Waals surface area contributed by atoms with Gasteiger partial charge in [0.2, 0.25) is 11.1 Å². The van der Waals surface area contributed by atoms with Crippen molar-refractivity contribution >= 4 is 17.7 Å². The Labute approximate surface area is 166 Å². The minimum Gasteiger partial charge on any atom is -0.497 e. The SMILES string of the molecule is COc1cccc(OCc2nnc(SCC(=O)N[C@H](C)c3ccco3)n2N)c1. The summed E-state index contributed by atoms with van der Waals surface area (Å²) < 4.78 is 17.4. The Balaban J connectivity index is 1.50. The summed E-state index contributed by atoms with van der Waals surface area (Å²) in [5.74, 6) is 8.45. The third-order valence-corrected chi connectivity index (χ3v) is 4.77. The molecule has 0 radical (unpaired) electrons. The average molecular weight is 403 g/mol. The second kappa shape index (κ2) is 9.18. The Morgan fingerprint density at radius 1 is 1.32 bits per heavy atom. The Morgan fingerprint density at radius 3 is 2.89 bits per heavy atom. The predicted octanol–water partition coefficient (Wildman–Crippen LogP) is 2.14. The molecule has 3 N–H and O–H groups in total. The van der Waals surface area contributed by atoms with Gasteiger partial charge >= 0.3 is 0 Å². The molecule has 0 aliphatic heterocycles. The molecule has 10 heteroatoms. The Morgan fingerprint density at radius 2 is 2.14 bits per heavy atom. The van der Waals surface area contributed by atoms with E-state index in [1.165, 1.54) is 16.4 Å². The minimum absolute atomic E-state index is 0.138. The Bertz CT molecular complexity index is 913. The highest BCUT2D eigenvalue weighted by atomic mass is 32.2. The molecule has 0 unspecified atom stereocenters. The van der Waals surface area contributed by atoms with Gasteiger partial charge in [-0.25, -0.2) is 4.68 Å². The van der Waals surface area contributed by atoms with Crippen LogP contribution in [0.5, 0.6) is 11.5 Å². The summed E-state index contributed by atoms with van der Waals surface area (Å²) in [5, 5.41) is 11.3. The third kappa shape index (κ3) is 4.97. The van der Waals surface area contributed by atoms with Gasteiger partial charge < -0.3 is 25.1 Å². The summed E-state index contributed by atoms with van der Waals surface area (Å²) >= 11 is 1.19. The van der Waals surface area contributed by atoms with E-state index >= 15 is 0 Å². The van der Waals surface area contributed by atoms with E-state index in [1.807, 2.05) is 25.1 Å². The summed E-state index contributed by atoms with van der Waals surface area (Å²) in [6, 6.07) is 10.6. The number of aromatic nitrogens is 3. The molecule has 1 atom stereocenters. The average Bonchev–Trinajstić information content (AvgIpc) is 3.35. The van der Waals surface area contributed by atoms with Gasteiger partial charge in [0.05, 0.1) is 25.2 Å². The van der Waals surface area contributed by atoms with Crippen LogP contribution in [0.4, 0.5) is 0 Å². The number of thioether (sulfide) groups is 1. The lowest BCUT2D eigenvalue weighted by atomic mass is 10.2. The largest absolute Gasteiger partial charge is 0.497 e. The standard InChI is InChI=1S/C18H21N5O4S/c1-12(15-7-4-8-26-15)20-17(24)11-28-18-22-21-16(23(18)19)10-27-14-6-3-5-13(9-14)25-2/h3-9,12H,10-11,19H2,1-2H3,(H,20,24)/t12-/m1/s1. The van der Waals surface area contributed by atoms with Crippen LogP contribution < -0.4 is 20.6 Å². The molecule has 0 bridgehead atoms. The highest BCUT2D eigenvalue weighted by Crippen LogP contribution is 2.21. The van der Waals surface area contributed by atoms with Crippen molar-refractivity contribution in [3.05, 3.63) is 54.2 Å². The van der Waals surface area contributed by atoms with Gasteiger partial charge in [-0.2, -0.15) is 0 Å². The number of nitrogens with one attached hydrogen (secondary N) is 1. The van der Waals surface area contributed by atoms with E-state index in [0.717, 1.165) is 0 Å². The number of hydrogen-bond acceptors (Lipinski definition) is 8. The second-order valence-electron chi connectivity index (χ2n) is 5.83. The highest BCUT2D eigenvalue weighted by molar-refractivity contribution is 7.99. The number of hydrogen-bond donors (Lipinski definition) is 2. The smallest absolute Gasteiger partial charge is 0.231 e. The zero-order chi connectivity index (χ0) is 19.9. The Kier molecular flexibility index (Phi) is 6.43. The van der Waals surface area contributed by atoms with Gasteiger partial charge in [0.15, 0.2) is 5.82 Å². The summed E-state index contributed by atoms with van der Waals surface area (Å²) in [6.07, 6.45) is 1.57. The minimum atomic E-state index is -0.217. The maximum atomic E-state index is 12.1. The third-order valence-electron chi connectivity index (χ3n) is 3.82. The number of amides is 1. The van der Waals surface area contributed by atoms with Crippen molar-refractivity contribution < 1.29 is 18.7 Å². The number of rotatable bonds is 9.